The minimum Gasteiger partial charge on any atom is -0.375 e. The third-order valence-corrected chi connectivity index (χ3v) is 4.33. The lowest BCUT2D eigenvalue weighted by molar-refractivity contribution is 0.746. The zero-order valence-corrected chi connectivity index (χ0v) is 12.2. The number of pyridine rings is 1. The molecule has 1 heterocycles. The van der Waals surface area contributed by atoms with E-state index in [-0.39, 0.29) is 6.04 Å². The largest absolute Gasteiger partial charge is 0.375 e. The van der Waals surface area contributed by atoms with Gasteiger partial charge in [-0.05, 0) is 36.6 Å². The standard InChI is InChI=1S/C14H11Cl3N2/c15-9-6-11(17)13(7-10(9)16)19-12-4-3-8-2-1-5-18-14(8)12/h1-2,5-7,12,19H,3-4H2. The molecule has 0 saturated carbocycles. The zero-order chi connectivity index (χ0) is 13.4. The summed E-state index contributed by atoms with van der Waals surface area (Å²) < 4.78 is 0. The van der Waals surface area contributed by atoms with Crippen LogP contribution in [0.3, 0.4) is 0 Å². The summed E-state index contributed by atoms with van der Waals surface area (Å²) in [6, 6.07) is 7.66. The van der Waals surface area contributed by atoms with Crippen LogP contribution in [0, 0.1) is 0 Å². The van der Waals surface area contributed by atoms with Crippen molar-refractivity contribution in [2.45, 2.75) is 18.9 Å². The molecule has 0 amide bonds. The number of hydrogen-bond acceptors (Lipinski definition) is 2. The normalized spacial score (nSPS) is 17.3. The molecule has 1 aliphatic carbocycles. The molecule has 0 bridgehead atoms. The van der Waals surface area contributed by atoms with E-state index in [1.807, 2.05) is 12.3 Å². The van der Waals surface area contributed by atoms with Gasteiger partial charge in [-0.15, -0.1) is 0 Å². The highest BCUT2D eigenvalue weighted by Gasteiger charge is 2.24. The molecule has 1 aliphatic rings. The summed E-state index contributed by atoms with van der Waals surface area (Å²) in [5, 5.41) is 4.92. The maximum absolute atomic E-state index is 6.18. The number of aromatic nitrogens is 1. The van der Waals surface area contributed by atoms with Gasteiger partial charge in [-0.25, -0.2) is 0 Å². The van der Waals surface area contributed by atoms with Gasteiger partial charge in [-0.1, -0.05) is 40.9 Å². The fourth-order valence-electron chi connectivity index (χ4n) is 2.37. The molecule has 0 fully saturated rings. The molecule has 1 atom stereocenters. The Balaban J connectivity index is 1.89. The highest BCUT2D eigenvalue weighted by molar-refractivity contribution is 6.44. The van der Waals surface area contributed by atoms with Crippen LogP contribution in [-0.2, 0) is 6.42 Å². The number of benzene rings is 1. The molecule has 1 aromatic heterocycles. The van der Waals surface area contributed by atoms with Crippen molar-refractivity contribution >= 4 is 40.5 Å². The molecule has 0 spiro atoms. The second kappa shape index (κ2) is 5.20. The molecule has 19 heavy (non-hydrogen) atoms. The van der Waals surface area contributed by atoms with E-state index < -0.39 is 0 Å². The number of nitrogens with zero attached hydrogens (tertiary/aromatic N) is 1. The number of rotatable bonds is 2. The van der Waals surface area contributed by atoms with Gasteiger partial charge in [0.05, 0.1) is 32.5 Å². The number of aryl methyl sites for hydroxylation is 1. The summed E-state index contributed by atoms with van der Waals surface area (Å²) in [5.74, 6) is 0. The highest BCUT2D eigenvalue weighted by atomic mass is 35.5. The predicted molar refractivity (Wildman–Crippen MR) is 80.4 cm³/mol. The van der Waals surface area contributed by atoms with Crippen LogP contribution in [0.1, 0.15) is 23.7 Å². The topological polar surface area (TPSA) is 24.9 Å². The van der Waals surface area contributed by atoms with Crippen molar-refractivity contribution in [3.8, 4) is 0 Å². The Morgan fingerprint density at radius 1 is 1.11 bits per heavy atom. The summed E-state index contributed by atoms with van der Waals surface area (Å²) in [6.07, 6.45) is 3.85. The lowest BCUT2D eigenvalue weighted by Gasteiger charge is -2.16. The molecule has 0 aliphatic heterocycles. The number of nitrogens with one attached hydrogen (secondary N) is 1. The summed E-state index contributed by atoms with van der Waals surface area (Å²) >= 11 is 18.1. The third kappa shape index (κ3) is 2.53. The summed E-state index contributed by atoms with van der Waals surface area (Å²) in [4.78, 5) is 4.44. The van der Waals surface area contributed by atoms with Crippen molar-refractivity contribution in [3.63, 3.8) is 0 Å². The Labute approximate surface area is 126 Å². The Bertz CT molecular complexity index is 628. The number of halogens is 3. The van der Waals surface area contributed by atoms with Gasteiger partial charge < -0.3 is 5.32 Å². The fourth-order valence-corrected chi connectivity index (χ4v) is 2.98. The zero-order valence-electron chi connectivity index (χ0n) is 9.96. The van der Waals surface area contributed by atoms with Gasteiger partial charge in [0, 0.05) is 6.20 Å². The smallest absolute Gasteiger partial charge is 0.0691 e. The molecule has 98 valence electrons. The van der Waals surface area contributed by atoms with Crippen LogP contribution in [0.4, 0.5) is 5.69 Å². The van der Waals surface area contributed by atoms with Crippen molar-refractivity contribution in [2.75, 3.05) is 5.32 Å². The van der Waals surface area contributed by atoms with E-state index in [9.17, 15) is 0 Å². The van der Waals surface area contributed by atoms with Gasteiger partial charge in [-0.2, -0.15) is 0 Å². The van der Waals surface area contributed by atoms with Crippen molar-refractivity contribution in [2.24, 2.45) is 0 Å². The Morgan fingerprint density at radius 3 is 2.74 bits per heavy atom. The quantitative estimate of drug-likeness (QED) is 0.776. The van der Waals surface area contributed by atoms with Gasteiger partial charge in [0.15, 0.2) is 0 Å². The molecular formula is C14H11Cl3N2. The molecule has 2 aromatic rings. The summed E-state index contributed by atoms with van der Waals surface area (Å²) in [5.41, 5.74) is 3.17. The van der Waals surface area contributed by atoms with Crippen LogP contribution in [0.5, 0.6) is 0 Å². The lowest BCUT2D eigenvalue weighted by Crippen LogP contribution is -2.09. The Hall–Kier alpha value is -0.960. The maximum Gasteiger partial charge on any atom is 0.0691 e. The first-order chi connectivity index (χ1) is 9.15. The number of hydrogen-bond donors (Lipinski definition) is 1. The first kappa shape index (κ1) is 13.0. The lowest BCUT2D eigenvalue weighted by atomic mass is 10.2. The highest BCUT2D eigenvalue weighted by Crippen LogP contribution is 2.37. The number of anilines is 1. The van der Waals surface area contributed by atoms with Gasteiger partial charge in [-0.3, -0.25) is 4.98 Å². The van der Waals surface area contributed by atoms with Gasteiger partial charge in [0.25, 0.3) is 0 Å². The molecule has 1 aromatic carbocycles. The average Bonchev–Trinajstić information content (AvgIpc) is 2.80. The van der Waals surface area contributed by atoms with E-state index in [2.05, 4.69) is 16.4 Å². The van der Waals surface area contributed by atoms with Crippen LogP contribution < -0.4 is 5.32 Å². The van der Waals surface area contributed by atoms with Crippen LogP contribution in [0.25, 0.3) is 0 Å². The monoisotopic (exact) mass is 312 g/mol. The first-order valence-electron chi connectivity index (χ1n) is 6.00. The predicted octanol–water partition coefficient (Wildman–Crippen LogP) is 5.14. The second-order valence-electron chi connectivity index (χ2n) is 4.53. The van der Waals surface area contributed by atoms with E-state index in [0.717, 1.165) is 24.2 Å². The van der Waals surface area contributed by atoms with Crippen LogP contribution >= 0.6 is 34.8 Å². The maximum atomic E-state index is 6.18. The minimum atomic E-state index is 0.172. The van der Waals surface area contributed by atoms with E-state index in [1.54, 1.807) is 12.1 Å². The molecule has 0 saturated heterocycles. The summed E-state index contributed by atoms with van der Waals surface area (Å²) in [7, 11) is 0. The second-order valence-corrected chi connectivity index (χ2v) is 5.75. The van der Waals surface area contributed by atoms with Crippen molar-refractivity contribution in [3.05, 3.63) is 56.8 Å². The van der Waals surface area contributed by atoms with Gasteiger partial charge in [0.1, 0.15) is 0 Å². The summed E-state index contributed by atoms with van der Waals surface area (Å²) in [6.45, 7) is 0. The fraction of sp³-hybridized carbons (Fsp3) is 0.214. The molecular weight excluding hydrogens is 303 g/mol. The molecule has 3 rings (SSSR count). The Morgan fingerprint density at radius 2 is 1.89 bits per heavy atom. The average molecular weight is 314 g/mol. The van der Waals surface area contributed by atoms with E-state index in [1.165, 1.54) is 5.56 Å². The van der Waals surface area contributed by atoms with Crippen molar-refractivity contribution < 1.29 is 0 Å². The van der Waals surface area contributed by atoms with Gasteiger partial charge in [0.2, 0.25) is 0 Å². The third-order valence-electron chi connectivity index (χ3n) is 3.30. The van der Waals surface area contributed by atoms with E-state index in [4.69, 9.17) is 34.8 Å². The first-order valence-corrected chi connectivity index (χ1v) is 7.13. The van der Waals surface area contributed by atoms with Crippen molar-refractivity contribution in [1.29, 1.82) is 0 Å². The molecule has 0 radical (unpaired) electrons. The molecule has 1 unspecified atom stereocenters. The van der Waals surface area contributed by atoms with Crippen molar-refractivity contribution in [1.82, 2.24) is 4.98 Å². The Kier molecular flexibility index (Phi) is 3.57. The van der Waals surface area contributed by atoms with Crippen LogP contribution in [0.2, 0.25) is 15.1 Å². The van der Waals surface area contributed by atoms with Crippen LogP contribution in [-0.4, -0.2) is 4.98 Å². The SMILES string of the molecule is Clc1cc(Cl)c(NC2CCc3cccnc32)cc1Cl. The minimum absolute atomic E-state index is 0.172. The van der Waals surface area contributed by atoms with Gasteiger partial charge >= 0.3 is 0 Å². The van der Waals surface area contributed by atoms with E-state index in [0.29, 0.717) is 15.1 Å². The van der Waals surface area contributed by atoms with Crippen LogP contribution in [0.15, 0.2) is 30.5 Å². The van der Waals surface area contributed by atoms with E-state index >= 15 is 0 Å². The molecule has 5 heteroatoms. The molecule has 1 N–H and O–H groups in total. The number of fused-ring (bicyclic) bond motifs is 1. The molecule has 2 nitrogen and oxygen atoms in total.